The summed E-state index contributed by atoms with van der Waals surface area (Å²) in [6, 6.07) is 18.2. The molecule has 2 aromatic rings. The van der Waals surface area contributed by atoms with Crippen LogP contribution in [-0.4, -0.2) is 32.7 Å². The van der Waals surface area contributed by atoms with Gasteiger partial charge in [-0.05, 0) is 43.1 Å². The van der Waals surface area contributed by atoms with Crippen LogP contribution in [-0.2, 0) is 21.7 Å². The van der Waals surface area contributed by atoms with Crippen molar-refractivity contribution in [2.75, 3.05) is 26.8 Å². The molecule has 0 saturated carbocycles. The van der Waals surface area contributed by atoms with Crippen molar-refractivity contribution in [1.82, 2.24) is 10.6 Å². The Balaban J connectivity index is 0.00000280. The molecular weight excluding hydrogens is 376 g/mol. The highest BCUT2D eigenvalue weighted by atomic mass is 35.5. The summed E-state index contributed by atoms with van der Waals surface area (Å²) in [6.07, 6.45) is 2.03. The summed E-state index contributed by atoms with van der Waals surface area (Å²) in [5.41, 5.74) is 1.89. The molecule has 0 unspecified atom stereocenters. The van der Waals surface area contributed by atoms with Crippen LogP contribution in [0, 0.1) is 0 Å². The van der Waals surface area contributed by atoms with E-state index in [1.807, 2.05) is 49.5 Å². The van der Waals surface area contributed by atoms with Gasteiger partial charge in [-0.15, -0.1) is 12.4 Å². The molecule has 0 bridgehead atoms. The molecule has 0 radical (unpaired) electrons. The minimum absolute atomic E-state index is 0. The van der Waals surface area contributed by atoms with E-state index < -0.39 is 0 Å². The zero-order chi connectivity index (χ0) is 19.0. The van der Waals surface area contributed by atoms with E-state index in [4.69, 9.17) is 9.47 Å². The number of ether oxygens (including phenoxy) is 2. The van der Waals surface area contributed by atoms with E-state index >= 15 is 0 Å². The van der Waals surface area contributed by atoms with Crippen molar-refractivity contribution in [2.24, 2.45) is 0 Å². The molecule has 1 fully saturated rings. The van der Waals surface area contributed by atoms with Crippen molar-refractivity contribution >= 4 is 18.3 Å². The van der Waals surface area contributed by atoms with Crippen molar-refractivity contribution in [2.45, 2.75) is 31.4 Å². The lowest BCUT2D eigenvalue weighted by molar-refractivity contribution is -0.124. The minimum Gasteiger partial charge on any atom is -0.489 e. The van der Waals surface area contributed by atoms with Gasteiger partial charge in [-0.25, -0.2) is 0 Å². The largest absolute Gasteiger partial charge is 0.489 e. The van der Waals surface area contributed by atoms with Crippen LogP contribution >= 0.6 is 12.4 Å². The van der Waals surface area contributed by atoms with Gasteiger partial charge >= 0.3 is 0 Å². The van der Waals surface area contributed by atoms with E-state index in [2.05, 4.69) is 22.8 Å². The number of carbonyl (C=O) groups excluding carboxylic acids is 1. The molecule has 2 N–H and O–H groups in total. The summed E-state index contributed by atoms with van der Waals surface area (Å²) in [6.45, 7) is 2.52. The molecule has 0 aromatic heterocycles. The number of hydrogen-bond acceptors (Lipinski definition) is 4. The van der Waals surface area contributed by atoms with Gasteiger partial charge in [0.05, 0.1) is 5.54 Å². The van der Waals surface area contributed by atoms with Crippen molar-refractivity contribution in [3.8, 4) is 5.75 Å². The summed E-state index contributed by atoms with van der Waals surface area (Å²) < 4.78 is 11.4. The summed E-state index contributed by atoms with van der Waals surface area (Å²) in [5, 5.41) is 6.28. The molecule has 1 heterocycles. The Kier molecular flexibility index (Phi) is 8.77. The average Bonchev–Trinajstić information content (AvgIpc) is 2.72. The first-order chi connectivity index (χ1) is 13.2. The second-order valence-electron chi connectivity index (χ2n) is 6.89. The molecule has 1 saturated heterocycles. The summed E-state index contributed by atoms with van der Waals surface area (Å²) in [5.74, 6) is 0.891. The predicted octanol–water partition coefficient (Wildman–Crippen LogP) is 3.42. The first kappa shape index (κ1) is 22.2. The third-order valence-corrected chi connectivity index (χ3v) is 4.98. The Morgan fingerprint density at radius 3 is 2.39 bits per heavy atom. The molecule has 5 nitrogen and oxygen atoms in total. The van der Waals surface area contributed by atoms with Gasteiger partial charge < -0.3 is 20.1 Å². The molecule has 28 heavy (non-hydrogen) atoms. The van der Waals surface area contributed by atoms with Crippen LogP contribution in [0.4, 0.5) is 0 Å². The molecule has 6 heteroatoms. The highest BCUT2D eigenvalue weighted by Crippen LogP contribution is 2.33. The first-order valence-corrected chi connectivity index (χ1v) is 9.52. The number of amides is 1. The fraction of sp³-hybridized carbons (Fsp3) is 0.409. The molecule has 152 valence electrons. The minimum atomic E-state index is -0.360. The third-order valence-electron chi connectivity index (χ3n) is 4.98. The number of rotatable bonds is 8. The molecular formula is C22H29ClN2O3. The molecule has 0 aliphatic carbocycles. The Bertz CT molecular complexity index is 716. The Morgan fingerprint density at radius 1 is 1.07 bits per heavy atom. The number of nitrogens with one attached hydrogen (secondary N) is 2. The lowest BCUT2D eigenvalue weighted by atomic mass is 9.82. The van der Waals surface area contributed by atoms with Crippen LogP contribution in [0.3, 0.4) is 0 Å². The molecule has 0 atom stereocenters. The number of hydrogen-bond donors (Lipinski definition) is 2. The van der Waals surface area contributed by atoms with Crippen LogP contribution in [0.5, 0.6) is 5.75 Å². The van der Waals surface area contributed by atoms with Crippen LogP contribution in [0.15, 0.2) is 54.6 Å². The zero-order valence-corrected chi connectivity index (χ0v) is 17.1. The maximum atomic E-state index is 12.4. The second-order valence-corrected chi connectivity index (χ2v) is 6.89. The van der Waals surface area contributed by atoms with Crippen LogP contribution < -0.4 is 15.4 Å². The second kappa shape index (κ2) is 11.1. The standard InChI is InChI=1S/C22H28N2O3.ClH/c1-23-14-11-21(25)24-22(12-15-26-16-13-22)19-7-9-20(10-8-19)27-17-18-5-3-2-4-6-18;/h2-10,23H,11-17H2,1H3,(H,24,25);1H. The topological polar surface area (TPSA) is 59.6 Å². The van der Waals surface area contributed by atoms with E-state index in [1.165, 1.54) is 0 Å². The number of benzene rings is 2. The molecule has 2 aromatic carbocycles. The van der Waals surface area contributed by atoms with Crippen molar-refractivity contribution < 1.29 is 14.3 Å². The van der Waals surface area contributed by atoms with Gasteiger partial charge in [-0.2, -0.15) is 0 Å². The molecule has 1 aliphatic rings. The van der Waals surface area contributed by atoms with Crippen molar-refractivity contribution in [3.05, 3.63) is 65.7 Å². The van der Waals surface area contributed by atoms with Gasteiger partial charge in [-0.3, -0.25) is 4.79 Å². The van der Waals surface area contributed by atoms with Crippen molar-refractivity contribution in [3.63, 3.8) is 0 Å². The van der Waals surface area contributed by atoms with Crippen LogP contribution in [0.25, 0.3) is 0 Å². The first-order valence-electron chi connectivity index (χ1n) is 9.52. The van der Waals surface area contributed by atoms with Gasteiger partial charge in [0.25, 0.3) is 0 Å². The van der Waals surface area contributed by atoms with Gasteiger partial charge in [0.15, 0.2) is 0 Å². The number of halogens is 1. The lowest BCUT2D eigenvalue weighted by Crippen LogP contribution is -2.49. The molecule has 3 rings (SSSR count). The van der Waals surface area contributed by atoms with Crippen LogP contribution in [0.2, 0.25) is 0 Å². The Labute approximate surface area is 173 Å². The quantitative estimate of drug-likeness (QED) is 0.707. The van der Waals surface area contributed by atoms with E-state index in [-0.39, 0.29) is 23.9 Å². The lowest BCUT2D eigenvalue weighted by Gasteiger charge is -2.38. The molecule has 1 aliphatic heterocycles. The Morgan fingerprint density at radius 2 is 1.75 bits per heavy atom. The van der Waals surface area contributed by atoms with Crippen molar-refractivity contribution in [1.29, 1.82) is 0 Å². The number of carbonyl (C=O) groups is 1. The predicted molar refractivity (Wildman–Crippen MR) is 113 cm³/mol. The highest BCUT2D eigenvalue weighted by molar-refractivity contribution is 5.85. The van der Waals surface area contributed by atoms with Gasteiger partial charge in [-0.1, -0.05) is 42.5 Å². The van der Waals surface area contributed by atoms with Gasteiger partial charge in [0.2, 0.25) is 5.91 Å². The van der Waals surface area contributed by atoms with Gasteiger partial charge in [0, 0.05) is 26.2 Å². The maximum Gasteiger partial charge on any atom is 0.221 e. The maximum absolute atomic E-state index is 12.4. The van der Waals surface area contributed by atoms with E-state index in [9.17, 15) is 4.79 Å². The Hall–Kier alpha value is -2.08. The van der Waals surface area contributed by atoms with Crippen LogP contribution in [0.1, 0.15) is 30.4 Å². The zero-order valence-electron chi connectivity index (χ0n) is 16.3. The monoisotopic (exact) mass is 404 g/mol. The van der Waals surface area contributed by atoms with E-state index in [0.29, 0.717) is 32.8 Å². The molecule has 1 amide bonds. The highest BCUT2D eigenvalue weighted by Gasteiger charge is 2.35. The fourth-order valence-electron chi connectivity index (χ4n) is 3.38. The van der Waals surface area contributed by atoms with E-state index in [0.717, 1.165) is 29.7 Å². The van der Waals surface area contributed by atoms with Gasteiger partial charge in [0.1, 0.15) is 12.4 Å². The third kappa shape index (κ3) is 5.96. The summed E-state index contributed by atoms with van der Waals surface area (Å²) in [4.78, 5) is 12.4. The summed E-state index contributed by atoms with van der Waals surface area (Å²) in [7, 11) is 1.85. The average molecular weight is 405 g/mol. The smallest absolute Gasteiger partial charge is 0.221 e. The molecule has 0 spiro atoms. The fourth-order valence-corrected chi connectivity index (χ4v) is 3.38. The SMILES string of the molecule is CNCCC(=O)NC1(c2ccc(OCc3ccccc3)cc2)CCOCC1.Cl. The summed E-state index contributed by atoms with van der Waals surface area (Å²) >= 11 is 0. The van der Waals surface area contributed by atoms with E-state index in [1.54, 1.807) is 0 Å². The normalized spacial score (nSPS) is 15.3.